The van der Waals surface area contributed by atoms with Crippen LogP contribution in [0.1, 0.15) is 18.1 Å². The Morgan fingerprint density at radius 2 is 1.75 bits per heavy atom. The predicted molar refractivity (Wildman–Crippen MR) is 106 cm³/mol. The maximum Gasteiger partial charge on any atom is 0.273 e. The van der Waals surface area contributed by atoms with Crippen LogP contribution in [-0.4, -0.2) is 53.4 Å². The molecule has 7 nitrogen and oxygen atoms in total. The fourth-order valence-electron chi connectivity index (χ4n) is 3.38. The van der Waals surface area contributed by atoms with Crippen LogP contribution in [0.3, 0.4) is 0 Å². The Bertz CT molecular complexity index is 815. The van der Waals surface area contributed by atoms with E-state index in [1.807, 2.05) is 19.1 Å². The van der Waals surface area contributed by atoms with E-state index in [1.165, 1.54) is 11.6 Å². The lowest BCUT2D eigenvalue weighted by Gasteiger charge is -2.34. The Labute approximate surface area is 164 Å². The molecular formula is C21H25N3O4. The van der Waals surface area contributed by atoms with Crippen molar-refractivity contribution < 1.29 is 14.5 Å². The van der Waals surface area contributed by atoms with Gasteiger partial charge in [0.2, 0.25) is 5.91 Å². The largest absolute Gasteiger partial charge is 0.494 e. The maximum atomic E-state index is 12.6. The van der Waals surface area contributed by atoms with Gasteiger partial charge in [0.1, 0.15) is 5.75 Å². The van der Waals surface area contributed by atoms with Crippen molar-refractivity contribution in [1.29, 1.82) is 0 Å². The molecule has 0 unspecified atom stereocenters. The number of hydrogen-bond acceptors (Lipinski definition) is 5. The van der Waals surface area contributed by atoms with Crippen molar-refractivity contribution in [2.24, 2.45) is 0 Å². The number of para-hydroxylation sites is 1. The molecule has 28 heavy (non-hydrogen) atoms. The topological polar surface area (TPSA) is 75.9 Å². The van der Waals surface area contributed by atoms with Crippen molar-refractivity contribution in [2.75, 3.05) is 32.8 Å². The normalized spacial score (nSPS) is 14.7. The van der Waals surface area contributed by atoms with Gasteiger partial charge in [-0.25, -0.2) is 0 Å². The molecule has 1 saturated heterocycles. The van der Waals surface area contributed by atoms with Crippen molar-refractivity contribution in [3.8, 4) is 5.75 Å². The second-order valence-electron chi connectivity index (χ2n) is 6.80. The number of rotatable bonds is 7. The summed E-state index contributed by atoms with van der Waals surface area (Å²) < 4.78 is 5.46. The molecule has 3 rings (SSSR count). The molecule has 1 heterocycles. The highest BCUT2D eigenvalue weighted by molar-refractivity contribution is 5.80. The predicted octanol–water partition coefficient (Wildman–Crippen LogP) is 2.88. The first-order valence-corrected chi connectivity index (χ1v) is 9.51. The summed E-state index contributed by atoms with van der Waals surface area (Å²) in [5.41, 5.74) is 1.68. The fourth-order valence-corrected chi connectivity index (χ4v) is 3.38. The zero-order valence-electron chi connectivity index (χ0n) is 16.0. The van der Waals surface area contributed by atoms with E-state index in [2.05, 4.69) is 17.0 Å². The van der Waals surface area contributed by atoms with Gasteiger partial charge in [0.25, 0.3) is 5.69 Å². The molecule has 0 aliphatic carbocycles. The van der Waals surface area contributed by atoms with Crippen LogP contribution in [0.25, 0.3) is 0 Å². The summed E-state index contributed by atoms with van der Waals surface area (Å²) in [6.07, 6.45) is 0.0655. The number of hydrogen-bond donors (Lipinski definition) is 0. The lowest BCUT2D eigenvalue weighted by Crippen LogP contribution is -2.48. The Morgan fingerprint density at radius 1 is 1.07 bits per heavy atom. The average Bonchev–Trinajstić information content (AvgIpc) is 2.70. The number of amides is 1. The van der Waals surface area contributed by atoms with Gasteiger partial charge in [0.05, 0.1) is 18.0 Å². The van der Waals surface area contributed by atoms with E-state index in [4.69, 9.17) is 4.74 Å². The van der Waals surface area contributed by atoms with Crippen LogP contribution in [0.2, 0.25) is 0 Å². The summed E-state index contributed by atoms with van der Waals surface area (Å²) >= 11 is 0. The molecule has 1 fully saturated rings. The molecule has 0 atom stereocenters. The van der Waals surface area contributed by atoms with E-state index >= 15 is 0 Å². The highest BCUT2D eigenvalue weighted by Crippen LogP contribution is 2.20. The summed E-state index contributed by atoms with van der Waals surface area (Å²) in [6.45, 7) is 6.30. The summed E-state index contributed by atoms with van der Waals surface area (Å²) in [6, 6.07) is 14.5. The van der Waals surface area contributed by atoms with Crippen LogP contribution < -0.4 is 4.74 Å². The minimum absolute atomic E-state index is 0.00462. The quantitative estimate of drug-likeness (QED) is 0.543. The molecule has 0 spiro atoms. The van der Waals surface area contributed by atoms with Crippen molar-refractivity contribution in [1.82, 2.24) is 9.80 Å². The van der Waals surface area contributed by atoms with Gasteiger partial charge < -0.3 is 9.64 Å². The number of carbonyl (C=O) groups excluding carboxylic acids is 1. The number of nitro benzene ring substituents is 1. The van der Waals surface area contributed by atoms with Gasteiger partial charge in [0, 0.05) is 44.4 Å². The third-order valence-corrected chi connectivity index (χ3v) is 4.90. The first kappa shape index (κ1) is 19.8. The lowest BCUT2D eigenvalue weighted by molar-refractivity contribution is -0.385. The van der Waals surface area contributed by atoms with Crippen molar-refractivity contribution in [3.63, 3.8) is 0 Å². The third kappa shape index (κ3) is 5.07. The van der Waals surface area contributed by atoms with E-state index in [0.717, 1.165) is 25.4 Å². The molecule has 0 radical (unpaired) electrons. The third-order valence-electron chi connectivity index (χ3n) is 4.90. The molecule has 0 aromatic heterocycles. The van der Waals surface area contributed by atoms with Gasteiger partial charge in [-0.3, -0.25) is 19.8 Å². The van der Waals surface area contributed by atoms with Gasteiger partial charge in [0.15, 0.2) is 0 Å². The Kier molecular flexibility index (Phi) is 6.60. The van der Waals surface area contributed by atoms with Gasteiger partial charge in [-0.05, 0) is 24.6 Å². The number of nitrogens with zero attached hydrogens (tertiary/aromatic N) is 3. The van der Waals surface area contributed by atoms with E-state index in [0.29, 0.717) is 25.3 Å². The van der Waals surface area contributed by atoms with Crippen LogP contribution in [0, 0.1) is 10.1 Å². The van der Waals surface area contributed by atoms with E-state index in [9.17, 15) is 14.9 Å². The lowest BCUT2D eigenvalue weighted by atomic mass is 10.1. The molecule has 148 valence electrons. The summed E-state index contributed by atoms with van der Waals surface area (Å²) in [5.74, 6) is 0.812. The highest BCUT2D eigenvalue weighted by Gasteiger charge is 2.23. The zero-order chi connectivity index (χ0) is 19.9. The van der Waals surface area contributed by atoms with Crippen molar-refractivity contribution in [3.05, 3.63) is 69.8 Å². The van der Waals surface area contributed by atoms with E-state index in [1.54, 1.807) is 23.1 Å². The van der Waals surface area contributed by atoms with Gasteiger partial charge >= 0.3 is 0 Å². The van der Waals surface area contributed by atoms with Crippen LogP contribution in [0.5, 0.6) is 5.75 Å². The van der Waals surface area contributed by atoms with Crippen LogP contribution in [-0.2, 0) is 17.8 Å². The number of benzene rings is 2. The molecule has 0 N–H and O–H groups in total. The smallest absolute Gasteiger partial charge is 0.273 e. The van der Waals surface area contributed by atoms with Crippen LogP contribution in [0.4, 0.5) is 5.69 Å². The molecule has 1 aliphatic rings. The van der Waals surface area contributed by atoms with Crippen molar-refractivity contribution in [2.45, 2.75) is 19.9 Å². The Balaban J connectivity index is 1.51. The molecule has 1 amide bonds. The second-order valence-corrected chi connectivity index (χ2v) is 6.80. The molecular weight excluding hydrogens is 358 g/mol. The number of carbonyl (C=O) groups is 1. The SMILES string of the molecule is CCOc1ccc(CN2CCN(C(=O)Cc3ccccc3[N+](=O)[O-])CC2)cc1. The molecule has 2 aromatic rings. The molecule has 0 saturated carbocycles. The fraction of sp³-hybridized carbons (Fsp3) is 0.381. The Hall–Kier alpha value is -2.93. The molecule has 7 heteroatoms. The summed E-state index contributed by atoms with van der Waals surface area (Å²) in [7, 11) is 0. The standard InChI is InChI=1S/C21H25N3O4/c1-2-28-19-9-7-17(8-10-19)16-22-11-13-23(14-12-22)21(25)15-18-5-3-4-6-20(18)24(26)27/h3-10H,2,11-16H2,1H3. The monoisotopic (exact) mass is 383 g/mol. The summed E-state index contributed by atoms with van der Waals surface area (Å²) in [5, 5.41) is 11.1. The van der Waals surface area contributed by atoms with Gasteiger partial charge in [-0.2, -0.15) is 0 Å². The van der Waals surface area contributed by atoms with Crippen molar-refractivity contribution >= 4 is 11.6 Å². The first-order valence-electron chi connectivity index (χ1n) is 9.51. The zero-order valence-corrected chi connectivity index (χ0v) is 16.0. The number of piperazine rings is 1. The highest BCUT2D eigenvalue weighted by atomic mass is 16.6. The van der Waals surface area contributed by atoms with Gasteiger partial charge in [-0.1, -0.05) is 30.3 Å². The molecule has 2 aromatic carbocycles. The van der Waals surface area contributed by atoms with Gasteiger partial charge in [-0.15, -0.1) is 0 Å². The minimum atomic E-state index is -0.433. The first-order chi connectivity index (χ1) is 13.6. The second kappa shape index (κ2) is 9.32. The minimum Gasteiger partial charge on any atom is -0.494 e. The maximum absolute atomic E-state index is 12.6. The molecule has 0 bridgehead atoms. The number of nitro groups is 1. The van der Waals surface area contributed by atoms with E-state index < -0.39 is 4.92 Å². The van der Waals surface area contributed by atoms with Crippen LogP contribution in [0.15, 0.2) is 48.5 Å². The Morgan fingerprint density at radius 3 is 2.39 bits per heavy atom. The average molecular weight is 383 g/mol. The summed E-state index contributed by atoms with van der Waals surface area (Å²) in [4.78, 5) is 27.4. The van der Waals surface area contributed by atoms with E-state index in [-0.39, 0.29) is 18.0 Å². The number of ether oxygens (including phenoxy) is 1. The molecule has 1 aliphatic heterocycles. The van der Waals surface area contributed by atoms with Crippen LogP contribution >= 0.6 is 0 Å².